The molecule has 1 unspecified atom stereocenters. The van der Waals surface area contributed by atoms with Crippen LogP contribution in [0.1, 0.15) is 49.5 Å². The Balaban J connectivity index is 2.35. The van der Waals surface area contributed by atoms with E-state index in [0.717, 1.165) is 11.6 Å². The number of halogens is 4. The lowest BCUT2D eigenvalue weighted by Gasteiger charge is -2.34. The van der Waals surface area contributed by atoms with Crippen molar-refractivity contribution in [2.45, 2.75) is 39.0 Å². The Bertz CT molecular complexity index is 667. The Morgan fingerprint density at radius 2 is 1.50 bits per heavy atom. The van der Waals surface area contributed by atoms with Gasteiger partial charge in [0.15, 0.2) is 0 Å². The van der Waals surface area contributed by atoms with E-state index in [1.165, 1.54) is 6.07 Å². The molecule has 0 aromatic heterocycles. The molecule has 0 fully saturated rings. The summed E-state index contributed by atoms with van der Waals surface area (Å²) < 4.78 is 52.5. The summed E-state index contributed by atoms with van der Waals surface area (Å²) in [5.41, 5.74) is 0.443. The van der Waals surface area contributed by atoms with Crippen LogP contribution in [0.3, 0.4) is 0 Å². The van der Waals surface area contributed by atoms with Crippen LogP contribution in [0, 0.1) is 5.82 Å². The zero-order chi connectivity index (χ0) is 17.9. The first-order chi connectivity index (χ1) is 11.2. The van der Waals surface area contributed by atoms with Gasteiger partial charge >= 0.3 is 6.18 Å². The highest BCUT2D eigenvalue weighted by atomic mass is 19.4. The van der Waals surface area contributed by atoms with Gasteiger partial charge in [0.1, 0.15) is 5.82 Å². The third kappa shape index (κ3) is 4.15. The normalized spacial score (nSPS) is 14.7. The number of alkyl halides is 3. The highest BCUT2D eigenvalue weighted by Gasteiger charge is 2.32. The molecule has 0 saturated heterocycles. The standard InChI is InChI=1S/C19H21F4N/c1-4-24(13(2)15-8-6-5-7-9-15)14(3)16-10-17(19(21,22)23)12-18(20)11-16/h5-14H,4H2,1-3H3/t13-,14?/m1/s1. The van der Waals surface area contributed by atoms with E-state index in [-0.39, 0.29) is 12.1 Å². The molecule has 1 nitrogen and oxygen atoms in total. The van der Waals surface area contributed by atoms with Gasteiger partial charge < -0.3 is 0 Å². The molecule has 2 rings (SSSR count). The highest BCUT2D eigenvalue weighted by molar-refractivity contribution is 5.29. The third-order valence-corrected chi connectivity index (χ3v) is 4.37. The fourth-order valence-corrected chi connectivity index (χ4v) is 3.01. The molecule has 5 heteroatoms. The second-order valence-electron chi connectivity index (χ2n) is 5.86. The fraction of sp³-hybridized carbons (Fsp3) is 0.368. The minimum Gasteiger partial charge on any atom is -0.290 e. The van der Waals surface area contributed by atoms with Gasteiger partial charge in [-0.3, -0.25) is 4.90 Å². The van der Waals surface area contributed by atoms with Crippen LogP contribution < -0.4 is 0 Å². The van der Waals surface area contributed by atoms with E-state index in [2.05, 4.69) is 0 Å². The van der Waals surface area contributed by atoms with Crippen LogP contribution >= 0.6 is 0 Å². The van der Waals surface area contributed by atoms with Gasteiger partial charge in [0.05, 0.1) is 5.56 Å². The molecule has 0 aliphatic rings. The quantitative estimate of drug-likeness (QED) is 0.605. The molecule has 0 N–H and O–H groups in total. The Labute approximate surface area is 139 Å². The highest BCUT2D eigenvalue weighted by Crippen LogP contribution is 2.35. The van der Waals surface area contributed by atoms with Crippen molar-refractivity contribution in [2.24, 2.45) is 0 Å². The van der Waals surface area contributed by atoms with E-state index in [9.17, 15) is 17.6 Å². The Hall–Kier alpha value is -1.88. The maximum atomic E-state index is 13.7. The lowest BCUT2D eigenvalue weighted by molar-refractivity contribution is -0.137. The van der Waals surface area contributed by atoms with Crippen LogP contribution in [-0.4, -0.2) is 11.4 Å². The molecule has 130 valence electrons. The zero-order valence-corrected chi connectivity index (χ0v) is 13.9. The number of hydrogen-bond acceptors (Lipinski definition) is 1. The van der Waals surface area contributed by atoms with Crippen LogP contribution in [0.5, 0.6) is 0 Å². The van der Waals surface area contributed by atoms with Crippen molar-refractivity contribution in [2.75, 3.05) is 6.54 Å². The molecule has 0 radical (unpaired) electrons. The summed E-state index contributed by atoms with van der Waals surface area (Å²) in [5.74, 6) is -0.866. The van der Waals surface area contributed by atoms with Crippen molar-refractivity contribution in [3.05, 3.63) is 71.0 Å². The second kappa shape index (κ2) is 7.34. The van der Waals surface area contributed by atoms with E-state index in [4.69, 9.17) is 0 Å². The summed E-state index contributed by atoms with van der Waals surface area (Å²) in [6.45, 7) is 6.38. The van der Waals surface area contributed by atoms with Gasteiger partial charge in [0, 0.05) is 12.1 Å². The van der Waals surface area contributed by atoms with Crippen molar-refractivity contribution in [3.8, 4) is 0 Å². The first kappa shape index (κ1) is 18.5. The second-order valence-corrected chi connectivity index (χ2v) is 5.86. The van der Waals surface area contributed by atoms with E-state index >= 15 is 0 Å². The minimum absolute atomic E-state index is 0.00352. The first-order valence-electron chi connectivity index (χ1n) is 7.92. The molecule has 2 atom stereocenters. The monoisotopic (exact) mass is 339 g/mol. The van der Waals surface area contributed by atoms with Crippen molar-refractivity contribution in [1.29, 1.82) is 0 Å². The number of rotatable bonds is 5. The van der Waals surface area contributed by atoms with Crippen LogP contribution in [0.2, 0.25) is 0 Å². The predicted molar refractivity (Wildman–Crippen MR) is 87.1 cm³/mol. The van der Waals surface area contributed by atoms with Gasteiger partial charge in [0.2, 0.25) is 0 Å². The molecular formula is C19H21F4N. The summed E-state index contributed by atoms with van der Waals surface area (Å²) in [5, 5.41) is 0. The van der Waals surface area contributed by atoms with Crippen LogP contribution in [-0.2, 0) is 6.18 Å². The number of nitrogens with zero attached hydrogens (tertiary/aromatic N) is 1. The molecule has 2 aromatic rings. The Morgan fingerprint density at radius 1 is 0.917 bits per heavy atom. The molecule has 2 aromatic carbocycles. The molecule has 0 aliphatic carbocycles. The molecular weight excluding hydrogens is 318 g/mol. The first-order valence-corrected chi connectivity index (χ1v) is 7.92. The Morgan fingerprint density at radius 3 is 2.04 bits per heavy atom. The molecule has 0 amide bonds. The van der Waals surface area contributed by atoms with Crippen molar-refractivity contribution in [3.63, 3.8) is 0 Å². The van der Waals surface area contributed by atoms with E-state index in [1.807, 2.05) is 49.1 Å². The van der Waals surface area contributed by atoms with Gasteiger partial charge in [-0.2, -0.15) is 13.2 Å². The predicted octanol–water partition coefficient (Wildman–Crippen LogP) is 5.99. The fourth-order valence-electron chi connectivity index (χ4n) is 3.01. The van der Waals surface area contributed by atoms with Gasteiger partial charge in [-0.25, -0.2) is 4.39 Å². The van der Waals surface area contributed by atoms with Gasteiger partial charge in [-0.1, -0.05) is 37.3 Å². The third-order valence-electron chi connectivity index (χ3n) is 4.37. The van der Waals surface area contributed by atoms with Gasteiger partial charge in [-0.05, 0) is 49.7 Å². The molecule has 0 bridgehead atoms. The summed E-state index contributed by atoms with van der Waals surface area (Å²) in [6, 6.07) is 12.1. The lowest BCUT2D eigenvalue weighted by Crippen LogP contribution is -2.30. The summed E-state index contributed by atoms with van der Waals surface area (Å²) in [4.78, 5) is 2.05. The summed E-state index contributed by atoms with van der Waals surface area (Å²) >= 11 is 0. The SMILES string of the molecule is CCN(C(C)c1cc(F)cc(C(F)(F)F)c1)[C@H](C)c1ccccc1. The molecule has 24 heavy (non-hydrogen) atoms. The molecule has 0 aliphatic heterocycles. The van der Waals surface area contributed by atoms with E-state index < -0.39 is 17.6 Å². The maximum absolute atomic E-state index is 13.7. The van der Waals surface area contributed by atoms with Gasteiger partial charge in [-0.15, -0.1) is 0 Å². The van der Waals surface area contributed by atoms with Crippen molar-refractivity contribution >= 4 is 0 Å². The zero-order valence-electron chi connectivity index (χ0n) is 13.9. The molecule has 0 spiro atoms. The lowest BCUT2D eigenvalue weighted by atomic mass is 9.99. The smallest absolute Gasteiger partial charge is 0.290 e. The minimum atomic E-state index is -4.56. The average Bonchev–Trinajstić information content (AvgIpc) is 2.54. The average molecular weight is 339 g/mol. The number of benzene rings is 2. The molecule has 0 heterocycles. The van der Waals surface area contributed by atoms with E-state index in [1.54, 1.807) is 6.92 Å². The maximum Gasteiger partial charge on any atom is 0.416 e. The van der Waals surface area contributed by atoms with Crippen molar-refractivity contribution in [1.82, 2.24) is 4.90 Å². The van der Waals surface area contributed by atoms with Crippen LogP contribution in [0.4, 0.5) is 17.6 Å². The summed E-state index contributed by atoms with van der Waals surface area (Å²) in [6.07, 6.45) is -4.56. The van der Waals surface area contributed by atoms with Crippen LogP contribution in [0.25, 0.3) is 0 Å². The topological polar surface area (TPSA) is 3.24 Å². The molecule has 0 saturated carbocycles. The largest absolute Gasteiger partial charge is 0.416 e. The van der Waals surface area contributed by atoms with Crippen molar-refractivity contribution < 1.29 is 17.6 Å². The van der Waals surface area contributed by atoms with Gasteiger partial charge in [0.25, 0.3) is 0 Å². The Kier molecular flexibility index (Phi) is 5.65. The van der Waals surface area contributed by atoms with E-state index in [0.29, 0.717) is 18.2 Å². The summed E-state index contributed by atoms with van der Waals surface area (Å²) in [7, 11) is 0. The van der Waals surface area contributed by atoms with Crippen LogP contribution in [0.15, 0.2) is 48.5 Å². The number of hydrogen-bond donors (Lipinski definition) is 0.